The van der Waals surface area contributed by atoms with E-state index >= 15 is 0 Å². The molecule has 2 N–H and O–H groups in total. The van der Waals surface area contributed by atoms with Crippen LogP contribution in [0.15, 0.2) is 22.5 Å². The molecule has 1 fully saturated rings. The van der Waals surface area contributed by atoms with Gasteiger partial charge in [-0.25, -0.2) is 0 Å². The Morgan fingerprint density at radius 1 is 1.32 bits per heavy atom. The van der Waals surface area contributed by atoms with Crippen molar-refractivity contribution in [2.75, 3.05) is 13.6 Å². The zero-order valence-corrected chi connectivity index (χ0v) is 18.0. The first kappa shape index (κ1) is 22.5. The summed E-state index contributed by atoms with van der Waals surface area (Å²) in [5.41, 5.74) is -0.0626. The average Bonchev–Trinajstić information content (AvgIpc) is 3.06. The van der Waals surface area contributed by atoms with Crippen molar-refractivity contribution >= 4 is 41.3 Å². The highest BCUT2D eigenvalue weighted by molar-refractivity contribution is 14.0. The van der Waals surface area contributed by atoms with Crippen molar-refractivity contribution in [1.29, 1.82) is 0 Å². The van der Waals surface area contributed by atoms with Crippen molar-refractivity contribution in [1.82, 2.24) is 10.6 Å². The molecule has 25 heavy (non-hydrogen) atoms. The monoisotopic (exact) mass is 489 g/mol. The summed E-state index contributed by atoms with van der Waals surface area (Å²) in [6, 6.07) is 3.94. The molecule has 0 bridgehead atoms. The normalized spacial score (nSPS) is 22.2. The second-order valence-corrected chi connectivity index (χ2v) is 7.98. The lowest BCUT2D eigenvalue weighted by atomic mass is 9.85. The van der Waals surface area contributed by atoms with E-state index < -0.39 is 12.1 Å². The Morgan fingerprint density at radius 2 is 2.04 bits per heavy atom. The van der Waals surface area contributed by atoms with E-state index in [1.54, 1.807) is 18.4 Å². The number of halogens is 4. The molecule has 1 aliphatic carbocycles. The third kappa shape index (κ3) is 6.62. The van der Waals surface area contributed by atoms with E-state index in [4.69, 9.17) is 0 Å². The van der Waals surface area contributed by atoms with E-state index in [1.807, 2.05) is 11.4 Å². The number of rotatable bonds is 4. The Bertz CT molecular complexity index is 544. The number of hydrogen-bond acceptors (Lipinski definition) is 2. The number of thiophene rings is 1. The van der Waals surface area contributed by atoms with Crippen LogP contribution >= 0.6 is 35.3 Å². The smallest absolute Gasteiger partial charge is 0.356 e. The summed E-state index contributed by atoms with van der Waals surface area (Å²) < 4.78 is 38.8. The first-order valence-electron chi connectivity index (χ1n) is 8.30. The van der Waals surface area contributed by atoms with Crippen LogP contribution in [0.3, 0.4) is 0 Å². The van der Waals surface area contributed by atoms with Crippen molar-refractivity contribution in [3.8, 4) is 0 Å². The van der Waals surface area contributed by atoms with Gasteiger partial charge in [0.2, 0.25) is 0 Å². The average molecular weight is 489 g/mol. The minimum Gasteiger partial charge on any atom is -0.356 e. The Morgan fingerprint density at radius 3 is 2.60 bits per heavy atom. The molecule has 144 valence electrons. The highest BCUT2D eigenvalue weighted by Crippen LogP contribution is 2.37. The lowest BCUT2D eigenvalue weighted by molar-refractivity contribution is -0.183. The van der Waals surface area contributed by atoms with Crippen LogP contribution in [0.5, 0.6) is 0 Å². The van der Waals surface area contributed by atoms with Crippen molar-refractivity contribution in [2.45, 2.75) is 57.2 Å². The molecular formula is C17H27F3IN3S. The van der Waals surface area contributed by atoms with E-state index in [2.05, 4.69) is 35.5 Å². The molecule has 0 aliphatic heterocycles. The minimum atomic E-state index is -4.10. The zero-order valence-electron chi connectivity index (χ0n) is 14.8. The third-order valence-electron chi connectivity index (χ3n) is 4.59. The summed E-state index contributed by atoms with van der Waals surface area (Å²) >= 11 is 1.70. The van der Waals surface area contributed by atoms with Gasteiger partial charge in [-0.2, -0.15) is 13.2 Å². The van der Waals surface area contributed by atoms with Gasteiger partial charge in [-0.05, 0) is 30.7 Å². The van der Waals surface area contributed by atoms with Gasteiger partial charge in [0.15, 0.2) is 5.96 Å². The zero-order chi connectivity index (χ0) is 17.8. The maximum Gasteiger partial charge on any atom is 0.391 e. The summed E-state index contributed by atoms with van der Waals surface area (Å²) in [5.74, 6) is -0.628. The fourth-order valence-electron chi connectivity index (χ4n) is 3.06. The standard InChI is InChI=1S/C17H26F3N3S.HI/c1-16(2,14-8-5-9-24-14)11-22-15(21-3)23-13-7-4-6-12(10-13)17(18,19)20;/h5,8-9,12-13H,4,6-7,10-11H2,1-3H3,(H2,21,22,23);1H. The summed E-state index contributed by atoms with van der Waals surface area (Å²) in [7, 11) is 1.65. The van der Waals surface area contributed by atoms with Crippen LogP contribution in [0.2, 0.25) is 0 Å². The molecule has 0 saturated heterocycles. The van der Waals surface area contributed by atoms with Crippen LogP contribution in [-0.2, 0) is 5.41 Å². The molecule has 1 saturated carbocycles. The predicted octanol–water partition coefficient (Wildman–Crippen LogP) is 4.93. The van der Waals surface area contributed by atoms with Crippen molar-refractivity contribution < 1.29 is 13.2 Å². The Balaban J connectivity index is 0.00000312. The maximum atomic E-state index is 12.9. The molecule has 1 aliphatic rings. The molecule has 0 spiro atoms. The largest absolute Gasteiger partial charge is 0.391 e. The van der Waals surface area contributed by atoms with Gasteiger partial charge >= 0.3 is 6.18 Å². The van der Waals surface area contributed by atoms with Crippen LogP contribution in [0.25, 0.3) is 0 Å². The van der Waals surface area contributed by atoms with E-state index in [1.165, 1.54) is 4.88 Å². The first-order chi connectivity index (χ1) is 11.2. The maximum absolute atomic E-state index is 12.9. The lowest BCUT2D eigenvalue weighted by Crippen LogP contribution is -2.49. The Labute approximate surface area is 168 Å². The van der Waals surface area contributed by atoms with Gasteiger partial charge in [0.1, 0.15) is 0 Å². The number of aliphatic imine (C=N–C) groups is 1. The van der Waals surface area contributed by atoms with E-state index in [0.717, 1.165) is 6.42 Å². The number of nitrogens with zero attached hydrogens (tertiary/aromatic N) is 1. The van der Waals surface area contributed by atoms with Crippen molar-refractivity contribution in [3.05, 3.63) is 22.4 Å². The topological polar surface area (TPSA) is 36.4 Å². The summed E-state index contributed by atoms with van der Waals surface area (Å²) in [6.45, 7) is 4.95. The quantitative estimate of drug-likeness (QED) is 0.358. The summed E-state index contributed by atoms with van der Waals surface area (Å²) in [4.78, 5) is 5.43. The number of guanidine groups is 1. The molecule has 2 atom stereocenters. The van der Waals surface area contributed by atoms with Gasteiger partial charge in [-0.3, -0.25) is 4.99 Å². The van der Waals surface area contributed by atoms with Gasteiger partial charge in [0.25, 0.3) is 0 Å². The second-order valence-electron chi connectivity index (χ2n) is 7.03. The Hall–Kier alpha value is -0.510. The molecule has 3 nitrogen and oxygen atoms in total. The van der Waals surface area contributed by atoms with E-state index in [0.29, 0.717) is 18.9 Å². The lowest BCUT2D eigenvalue weighted by Gasteiger charge is -2.32. The van der Waals surface area contributed by atoms with Gasteiger partial charge < -0.3 is 10.6 Å². The molecule has 2 rings (SSSR count). The highest BCUT2D eigenvalue weighted by atomic mass is 127. The SMILES string of the molecule is CN=C(NCC(C)(C)c1cccs1)NC1CCCC(C(F)(F)F)C1.I. The number of alkyl halides is 3. The molecule has 8 heteroatoms. The van der Waals surface area contributed by atoms with Crippen LogP contribution in [0.1, 0.15) is 44.4 Å². The van der Waals surface area contributed by atoms with Gasteiger partial charge in [-0.1, -0.05) is 26.3 Å². The molecule has 0 aromatic carbocycles. The van der Waals surface area contributed by atoms with Crippen LogP contribution in [-0.4, -0.2) is 31.8 Å². The molecular weight excluding hydrogens is 462 g/mol. The Kier molecular flexibility index (Phi) is 8.50. The second kappa shape index (κ2) is 9.43. The molecule has 2 unspecified atom stereocenters. The number of hydrogen-bond donors (Lipinski definition) is 2. The summed E-state index contributed by atoms with van der Waals surface area (Å²) in [5, 5.41) is 8.48. The van der Waals surface area contributed by atoms with E-state index in [-0.39, 0.29) is 48.3 Å². The molecule has 0 radical (unpaired) electrons. The molecule has 1 heterocycles. The molecule has 1 aromatic heterocycles. The van der Waals surface area contributed by atoms with Gasteiger partial charge in [-0.15, -0.1) is 35.3 Å². The fraction of sp³-hybridized carbons (Fsp3) is 0.706. The molecule has 1 aromatic rings. The van der Waals surface area contributed by atoms with Crippen molar-refractivity contribution in [2.24, 2.45) is 10.9 Å². The highest BCUT2D eigenvalue weighted by Gasteiger charge is 2.42. The van der Waals surface area contributed by atoms with Crippen molar-refractivity contribution in [3.63, 3.8) is 0 Å². The third-order valence-corrected chi connectivity index (χ3v) is 5.82. The first-order valence-corrected chi connectivity index (χ1v) is 9.18. The van der Waals surface area contributed by atoms with Gasteiger partial charge in [0, 0.05) is 29.9 Å². The fourth-order valence-corrected chi connectivity index (χ4v) is 3.91. The van der Waals surface area contributed by atoms with Crippen LogP contribution in [0.4, 0.5) is 13.2 Å². The van der Waals surface area contributed by atoms with Crippen LogP contribution in [0, 0.1) is 5.92 Å². The van der Waals surface area contributed by atoms with E-state index in [9.17, 15) is 13.2 Å². The van der Waals surface area contributed by atoms with Gasteiger partial charge in [0.05, 0.1) is 5.92 Å². The minimum absolute atomic E-state index is 0. The predicted molar refractivity (Wildman–Crippen MR) is 109 cm³/mol. The summed E-state index contributed by atoms with van der Waals surface area (Å²) in [6.07, 6.45) is -2.39. The number of nitrogens with one attached hydrogen (secondary N) is 2. The molecule has 0 amide bonds. The van der Waals surface area contributed by atoms with Crippen LogP contribution < -0.4 is 10.6 Å².